The minimum Gasteiger partial charge on any atom is -0.399 e. The highest BCUT2D eigenvalue weighted by atomic mass is 32.2. The normalized spacial score (nSPS) is 20.0. The van der Waals surface area contributed by atoms with Gasteiger partial charge in [0.05, 0.1) is 6.61 Å². The van der Waals surface area contributed by atoms with Crippen molar-refractivity contribution in [3.05, 3.63) is 23.5 Å². The zero-order chi connectivity index (χ0) is 14.8. The van der Waals surface area contributed by atoms with Gasteiger partial charge in [-0.05, 0) is 43.4 Å². The van der Waals surface area contributed by atoms with Gasteiger partial charge < -0.3 is 10.5 Å². The summed E-state index contributed by atoms with van der Waals surface area (Å²) in [6.07, 6.45) is 1.82. The Labute approximate surface area is 118 Å². The Kier molecular flexibility index (Phi) is 4.62. The molecule has 1 aliphatic heterocycles. The fraction of sp³-hybridized carbons (Fsp3) is 0.538. The van der Waals surface area contributed by atoms with Crippen molar-refractivity contribution in [2.24, 2.45) is 5.92 Å². The van der Waals surface area contributed by atoms with E-state index in [-0.39, 0.29) is 23.7 Å². The van der Waals surface area contributed by atoms with E-state index in [1.165, 1.54) is 13.0 Å². The van der Waals surface area contributed by atoms with Gasteiger partial charge in [0.15, 0.2) is 0 Å². The minimum atomic E-state index is -3.90. The zero-order valence-electron chi connectivity index (χ0n) is 11.4. The van der Waals surface area contributed by atoms with E-state index in [2.05, 4.69) is 4.72 Å². The quantitative estimate of drug-likeness (QED) is 0.824. The molecule has 1 aliphatic rings. The Hall–Kier alpha value is -1.18. The number of nitrogens with one attached hydrogen (secondary N) is 1. The molecule has 0 aliphatic carbocycles. The molecule has 5 nitrogen and oxygen atoms in total. The summed E-state index contributed by atoms with van der Waals surface area (Å²) in [5.41, 5.74) is 6.03. The molecular weight excluding hydrogens is 283 g/mol. The van der Waals surface area contributed by atoms with Gasteiger partial charge in [0.25, 0.3) is 0 Å². The SMILES string of the molecule is Cc1cc(N)cc(S(=O)(=O)NCC2CCCOC2)c1F. The fourth-order valence-electron chi connectivity index (χ4n) is 2.23. The molecule has 3 N–H and O–H groups in total. The van der Waals surface area contributed by atoms with Crippen molar-refractivity contribution >= 4 is 15.7 Å². The lowest BCUT2D eigenvalue weighted by Gasteiger charge is -2.22. The Morgan fingerprint density at radius 3 is 2.90 bits per heavy atom. The molecular formula is C13H19FN2O3S. The second kappa shape index (κ2) is 6.07. The first-order valence-electron chi connectivity index (χ1n) is 6.53. The van der Waals surface area contributed by atoms with E-state index in [1.54, 1.807) is 0 Å². The van der Waals surface area contributed by atoms with Crippen LogP contribution in [0.25, 0.3) is 0 Å². The summed E-state index contributed by atoms with van der Waals surface area (Å²) in [4.78, 5) is -0.397. The molecule has 20 heavy (non-hydrogen) atoms. The first kappa shape index (κ1) is 15.2. The monoisotopic (exact) mass is 302 g/mol. The standard InChI is InChI=1S/C13H19FN2O3S/c1-9-5-11(15)6-12(13(9)14)20(17,18)16-7-10-3-2-4-19-8-10/h5-6,10,16H,2-4,7-8,15H2,1H3. The van der Waals surface area contributed by atoms with E-state index in [4.69, 9.17) is 10.5 Å². The van der Waals surface area contributed by atoms with Crippen LogP contribution in [0, 0.1) is 18.7 Å². The first-order valence-corrected chi connectivity index (χ1v) is 8.01. The first-order chi connectivity index (χ1) is 9.40. The van der Waals surface area contributed by atoms with E-state index >= 15 is 0 Å². The number of halogens is 1. The molecule has 1 saturated heterocycles. The molecule has 0 spiro atoms. The number of anilines is 1. The Morgan fingerprint density at radius 1 is 1.50 bits per heavy atom. The molecule has 7 heteroatoms. The Morgan fingerprint density at radius 2 is 2.25 bits per heavy atom. The summed E-state index contributed by atoms with van der Waals surface area (Å²) in [6, 6.07) is 2.55. The highest BCUT2D eigenvalue weighted by Gasteiger charge is 2.23. The number of sulfonamides is 1. The lowest BCUT2D eigenvalue weighted by atomic mass is 10.0. The number of nitrogen functional groups attached to an aromatic ring is 1. The van der Waals surface area contributed by atoms with Crippen LogP contribution in [0.5, 0.6) is 0 Å². The average molecular weight is 302 g/mol. The Balaban J connectivity index is 2.14. The highest BCUT2D eigenvalue weighted by Crippen LogP contribution is 2.22. The lowest BCUT2D eigenvalue weighted by Crippen LogP contribution is -2.33. The van der Waals surface area contributed by atoms with Crippen LogP contribution in [0.3, 0.4) is 0 Å². The van der Waals surface area contributed by atoms with Gasteiger partial charge in [-0.2, -0.15) is 0 Å². The molecule has 0 amide bonds. The summed E-state index contributed by atoms with van der Waals surface area (Å²) in [7, 11) is -3.90. The molecule has 1 aromatic carbocycles. The van der Waals surface area contributed by atoms with Crippen LogP contribution in [0.1, 0.15) is 18.4 Å². The number of benzene rings is 1. The van der Waals surface area contributed by atoms with Crippen molar-refractivity contribution in [1.29, 1.82) is 0 Å². The number of hydrogen-bond donors (Lipinski definition) is 2. The van der Waals surface area contributed by atoms with Crippen molar-refractivity contribution in [2.75, 3.05) is 25.5 Å². The van der Waals surface area contributed by atoms with Crippen molar-refractivity contribution < 1.29 is 17.5 Å². The number of nitrogens with two attached hydrogens (primary N) is 1. The third-order valence-electron chi connectivity index (χ3n) is 3.35. The number of ether oxygens (including phenoxy) is 1. The predicted molar refractivity (Wildman–Crippen MR) is 74.3 cm³/mol. The maximum Gasteiger partial charge on any atom is 0.243 e. The van der Waals surface area contributed by atoms with Gasteiger partial charge in [-0.1, -0.05) is 0 Å². The summed E-state index contributed by atoms with van der Waals surface area (Å²) in [5.74, 6) is -0.629. The molecule has 0 saturated carbocycles. The molecule has 112 valence electrons. The predicted octanol–water partition coefficient (Wildman–Crippen LogP) is 1.42. The van der Waals surface area contributed by atoms with Gasteiger partial charge >= 0.3 is 0 Å². The second-order valence-electron chi connectivity index (χ2n) is 5.08. The number of hydrogen-bond acceptors (Lipinski definition) is 4. The van der Waals surface area contributed by atoms with Crippen molar-refractivity contribution in [3.8, 4) is 0 Å². The summed E-state index contributed by atoms with van der Waals surface area (Å²) >= 11 is 0. The van der Waals surface area contributed by atoms with Crippen LogP contribution in [0.4, 0.5) is 10.1 Å². The van der Waals surface area contributed by atoms with Gasteiger partial charge in [0.1, 0.15) is 10.7 Å². The van der Waals surface area contributed by atoms with E-state index in [0.717, 1.165) is 18.9 Å². The highest BCUT2D eigenvalue weighted by molar-refractivity contribution is 7.89. The van der Waals surface area contributed by atoms with Gasteiger partial charge in [-0.3, -0.25) is 0 Å². The molecule has 1 unspecified atom stereocenters. The molecule has 0 bridgehead atoms. The lowest BCUT2D eigenvalue weighted by molar-refractivity contribution is 0.0568. The molecule has 1 atom stereocenters. The molecule has 0 aromatic heterocycles. The Bertz CT molecular complexity index is 584. The minimum absolute atomic E-state index is 0.128. The zero-order valence-corrected chi connectivity index (χ0v) is 12.2. The van der Waals surface area contributed by atoms with Crippen LogP contribution in [0.2, 0.25) is 0 Å². The topological polar surface area (TPSA) is 81.4 Å². The maximum atomic E-state index is 13.9. The van der Waals surface area contributed by atoms with Crippen LogP contribution in [-0.4, -0.2) is 28.2 Å². The third kappa shape index (κ3) is 3.47. The fourth-order valence-corrected chi connectivity index (χ4v) is 3.53. The summed E-state index contributed by atoms with van der Waals surface area (Å²) < 4.78 is 46.0. The number of aryl methyl sites for hydroxylation is 1. The van der Waals surface area contributed by atoms with Crippen molar-refractivity contribution in [1.82, 2.24) is 4.72 Å². The van der Waals surface area contributed by atoms with Crippen LogP contribution in [0.15, 0.2) is 17.0 Å². The van der Waals surface area contributed by atoms with Gasteiger partial charge in [0.2, 0.25) is 10.0 Å². The van der Waals surface area contributed by atoms with Crippen LogP contribution >= 0.6 is 0 Å². The van der Waals surface area contributed by atoms with Crippen LogP contribution in [-0.2, 0) is 14.8 Å². The van der Waals surface area contributed by atoms with E-state index in [0.29, 0.717) is 13.2 Å². The van der Waals surface area contributed by atoms with Gasteiger partial charge in [0, 0.05) is 18.8 Å². The molecule has 1 heterocycles. The molecule has 1 aromatic rings. The smallest absolute Gasteiger partial charge is 0.243 e. The van der Waals surface area contributed by atoms with Crippen LogP contribution < -0.4 is 10.5 Å². The van der Waals surface area contributed by atoms with Gasteiger partial charge in [-0.25, -0.2) is 17.5 Å². The summed E-state index contributed by atoms with van der Waals surface area (Å²) in [6.45, 7) is 2.97. The largest absolute Gasteiger partial charge is 0.399 e. The van der Waals surface area contributed by atoms with E-state index in [9.17, 15) is 12.8 Å². The van der Waals surface area contributed by atoms with E-state index < -0.39 is 20.7 Å². The number of rotatable bonds is 4. The molecule has 2 rings (SSSR count). The molecule has 1 fully saturated rings. The average Bonchev–Trinajstić information content (AvgIpc) is 2.42. The van der Waals surface area contributed by atoms with Crippen molar-refractivity contribution in [3.63, 3.8) is 0 Å². The second-order valence-corrected chi connectivity index (χ2v) is 6.82. The maximum absolute atomic E-state index is 13.9. The van der Waals surface area contributed by atoms with Gasteiger partial charge in [-0.15, -0.1) is 0 Å². The summed E-state index contributed by atoms with van der Waals surface area (Å²) in [5, 5.41) is 0. The van der Waals surface area contributed by atoms with E-state index in [1.807, 2.05) is 0 Å². The van der Waals surface area contributed by atoms with Crippen molar-refractivity contribution in [2.45, 2.75) is 24.7 Å². The third-order valence-corrected chi connectivity index (χ3v) is 4.77. The molecule has 0 radical (unpaired) electrons.